The fraction of sp³-hybridized carbons (Fsp3) is 0.0909. The molecule has 1 aromatic carbocycles. The van der Waals surface area contributed by atoms with Gasteiger partial charge >= 0.3 is 0 Å². The maximum atomic E-state index is 3.87. The second-order valence-corrected chi connectivity index (χ2v) is 2.60. The lowest BCUT2D eigenvalue weighted by atomic mass is 10.1. The van der Waals surface area contributed by atoms with Crippen molar-refractivity contribution in [1.29, 1.82) is 0 Å². The van der Waals surface area contributed by atoms with Crippen LogP contribution in [0.2, 0.25) is 0 Å². The molecule has 0 aromatic heterocycles. The summed E-state index contributed by atoms with van der Waals surface area (Å²) >= 11 is 0. The smallest absolute Gasteiger partial charge is 0.0188 e. The van der Waals surface area contributed by atoms with Crippen molar-refractivity contribution >= 4 is 5.57 Å². The van der Waals surface area contributed by atoms with Crippen LogP contribution in [0.15, 0.2) is 43.5 Å². The van der Waals surface area contributed by atoms with Gasteiger partial charge < -0.3 is 0 Å². The van der Waals surface area contributed by atoms with Gasteiger partial charge in [-0.3, -0.25) is 0 Å². The molecule has 0 aliphatic carbocycles. The first-order valence-electron chi connectivity index (χ1n) is 3.62. The third-order valence-corrected chi connectivity index (χ3v) is 1.64. The van der Waals surface area contributed by atoms with Crippen molar-refractivity contribution in [1.82, 2.24) is 0 Å². The van der Waals surface area contributed by atoms with E-state index in [-0.39, 0.29) is 0 Å². The zero-order chi connectivity index (χ0) is 8.27. The molecule has 0 heteroatoms. The van der Waals surface area contributed by atoms with Crippen LogP contribution in [0.3, 0.4) is 0 Å². The molecule has 0 bridgehead atoms. The van der Waals surface area contributed by atoms with Crippen molar-refractivity contribution in [2.45, 2.75) is 6.92 Å². The summed E-state index contributed by atoms with van der Waals surface area (Å²) in [5.41, 5.74) is 3.39. The van der Waals surface area contributed by atoms with E-state index in [0.717, 1.165) is 11.1 Å². The molecular formula is C11H12. The van der Waals surface area contributed by atoms with Gasteiger partial charge in [0.25, 0.3) is 0 Å². The van der Waals surface area contributed by atoms with Crippen molar-refractivity contribution in [3.63, 3.8) is 0 Å². The van der Waals surface area contributed by atoms with E-state index in [0.29, 0.717) is 0 Å². The summed E-state index contributed by atoms with van der Waals surface area (Å²) < 4.78 is 0. The lowest BCUT2D eigenvalue weighted by Crippen LogP contribution is -1.79. The molecule has 0 fully saturated rings. The fourth-order valence-corrected chi connectivity index (χ4v) is 0.963. The van der Waals surface area contributed by atoms with Gasteiger partial charge in [-0.25, -0.2) is 0 Å². The third-order valence-electron chi connectivity index (χ3n) is 1.64. The molecule has 0 atom stereocenters. The molecule has 0 saturated carbocycles. The van der Waals surface area contributed by atoms with E-state index in [2.05, 4.69) is 32.2 Å². The minimum absolute atomic E-state index is 0.980. The Morgan fingerprint density at radius 3 is 2.73 bits per heavy atom. The van der Waals surface area contributed by atoms with E-state index >= 15 is 0 Å². The third kappa shape index (κ3) is 1.81. The van der Waals surface area contributed by atoms with Crippen LogP contribution >= 0.6 is 0 Å². The SMILES string of the molecule is C=CC(=C)c1cccc(C)c1. The van der Waals surface area contributed by atoms with E-state index in [1.807, 2.05) is 12.1 Å². The molecule has 0 aliphatic heterocycles. The van der Waals surface area contributed by atoms with E-state index in [4.69, 9.17) is 0 Å². The van der Waals surface area contributed by atoms with E-state index in [1.54, 1.807) is 6.08 Å². The Hall–Kier alpha value is -1.30. The average molecular weight is 144 g/mol. The summed E-state index contributed by atoms with van der Waals surface area (Å²) in [7, 11) is 0. The Balaban J connectivity index is 3.05. The van der Waals surface area contributed by atoms with Gasteiger partial charge in [-0.05, 0) is 18.1 Å². The minimum atomic E-state index is 0.980. The monoisotopic (exact) mass is 144 g/mol. The number of allylic oxidation sites excluding steroid dienone is 2. The molecule has 0 nitrogen and oxygen atoms in total. The van der Waals surface area contributed by atoms with Gasteiger partial charge in [-0.1, -0.05) is 49.1 Å². The van der Waals surface area contributed by atoms with Crippen LogP contribution in [-0.4, -0.2) is 0 Å². The maximum absolute atomic E-state index is 3.87. The Morgan fingerprint density at radius 1 is 1.45 bits per heavy atom. The largest absolute Gasteiger partial charge is 0.0985 e. The van der Waals surface area contributed by atoms with E-state index in [9.17, 15) is 0 Å². The Bertz CT molecular complexity index is 282. The number of benzene rings is 1. The number of hydrogen-bond donors (Lipinski definition) is 0. The molecule has 0 heterocycles. The van der Waals surface area contributed by atoms with E-state index < -0.39 is 0 Å². The molecule has 0 unspecified atom stereocenters. The fourth-order valence-electron chi connectivity index (χ4n) is 0.963. The lowest BCUT2D eigenvalue weighted by molar-refractivity contribution is 1.45. The molecule has 1 aromatic rings. The minimum Gasteiger partial charge on any atom is -0.0985 e. The van der Waals surface area contributed by atoms with Crippen LogP contribution < -0.4 is 0 Å². The predicted molar refractivity (Wildman–Crippen MR) is 50.4 cm³/mol. The normalized spacial score (nSPS) is 9.18. The van der Waals surface area contributed by atoms with Crippen molar-refractivity contribution in [3.8, 4) is 0 Å². The van der Waals surface area contributed by atoms with Crippen LogP contribution in [0.1, 0.15) is 11.1 Å². The van der Waals surface area contributed by atoms with Gasteiger partial charge in [-0.15, -0.1) is 0 Å². The molecule has 0 N–H and O–H groups in total. The zero-order valence-electron chi connectivity index (χ0n) is 6.80. The Morgan fingerprint density at radius 2 is 2.18 bits per heavy atom. The van der Waals surface area contributed by atoms with Crippen molar-refractivity contribution in [3.05, 3.63) is 54.6 Å². The highest BCUT2D eigenvalue weighted by Crippen LogP contribution is 2.13. The highest BCUT2D eigenvalue weighted by Gasteiger charge is 1.92. The summed E-state index contributed by atoms with van der Waals surface area (Å²) in [6.07, 6.45) is 1.77. The van der Waals surface area contributed by atoms with Gasteiger partial charge in [0.05, 0.1) is 0 Å². The Labute approximate surface area is 67.9 Å². The summed E-state index contributed by atoms with van der Waals surface area (Å²) in [5.74, 6) is 0. The predicted octanol–water partition coefficient (Wildman–Crippen LogP) is 3.19. The summed E-state index contributed by atoms with van der Waals surface area (Å²) in [5, 5.41) is 0. The summed E-state index contributed by atoms with van der Waals surface area (Å²) in [6, 6.07) is 8.24. The highest BCUT2D eigenvalue weighted by atomic mass is 14.0. The van der Waals surface area contributed by atoms with Gasteiger partial charge in [0.1, 0.15) is 0 Å². The molecule has 1 rings (SSSR count). The lowest BCUT2D eigenvalue weighted by Gasteiger charge is -1.99. The van der Waals surface area contributed by atoms with E-state index in [1.165, 1.54) is 5.56 Å². The molecule has 0 saturated heterocycles. The topological polar surface area (TPSA) is 0 Å². The van der Waals surface area contributed by atoms with Gasteiger partial charge in [-0.2, -0.15) is 0 Å². The number of hydrogen-bond acceptors (Lipinski definition) is 0. The van der Waals surface area contributed by atoms with Crippen LogP contribution in [0.4, 0.5) is 0 Å². The standard InChI is InChI=1S/C11H12/c1-4-10(3)11-7-5-6-9(2)8-11/h4-8H,1,3H2,2H3. The van der Waals surface area contributed by atoms with Crippen molar-refractivity contribution in [2.75, 3.05) is 0 Å². The number of aryl methyl sites for hydroxylation is 1. The van der Waals surface area contributed by atoms with Crippen LogP contribution in [0.25, 0.3) is 5.57 Å². The highest BCUT2D eigenvalue weighted by molar-refractivity contribution is 5.71. The zero-order valence-corrected chi connectivity index (χ0v) is 6.80. The van der Waals surface area contributed by atoms with Crippen molar-refractivity contribution in [2.24, 2.45) is 0 Å². The quantitative estimate of drug-likeness (QED) is 0.559. The molecule has 56 valence electrons. The maximum Gasteiger partial charge on any atom is -0.0188 e. The molecule has 0 amide bonds. The van der Waals surface area contributed by atoms with Gasteiger partial charge in [0.2, 0.25) is 0 Å². The van der Waals surface area contributed by atoms with Crippen LogP contribution in [-0.2, 0) is 0 Å². The van der Waals surface area contributed by atoms with Crippen LogP contribution in [0.5, 0.6) is 0 Å². The van der Waals surface area contributed by atoms with Crippen LogP contribution in [0, 0.1) is 6.92 Å². The first kappa shape index (κ1) is 7.80. The molecule has 0 aliphatic rings. The van der Waals surface area contributed by atoms with Gasteiger partial charge in [0.15, 0.2) is 0 Å². The molecule has 0 spiro atoms. The molecular weight excluding hydrogens is 132 g/mol. The number of rotatable bonds is 2. The summed E-state index contributed by atoms with van der Waals surface area (Å²) in [4.78, 5) is 0. The molecule has 0 radical (unpaired) electrons. The second kappa shape index (κ2) is 3.20. The first-order chi connectivity index (χ1) is 5.24. The Kier molecular flexibility index (Phi) is 2.27. The summed E-state index contributed by atoms with van der Waals surface area (Å²) in [6.45, 7) is 9.60. The first-order valence-corrected chi connectivity index (χ1v) is 3.62. The second-order valence-electron chi connectivity index (χ2n) is 2.60. The van der Waals surface area contributed by atoms with Gasteiger partial charge in [0, 0.05) is 0 Å². The molecule has 11 heavy (non-hydrogen) atoms. The van der Waals surface area contributed by atoms with Crippen molar-refractivity contribution < 1.29 is 0 Å². The average Bonchev–Trinajstić information content (AvgIpc) is 2.03.